The third-order valence-corrected chi connectivity index (χ3v) is 7.07. The Morgan fingerprint density at radius 2 is 1.58 bits per heavy atom. The predicted octanol–water partition coefficient (Wildman–Crippen LogP) is 8.31. The van der Waals surface area contributed by atoms with Crippen LogP contribution in [0.1, 0.15) is 107 Å². The van der Waals surface area contributed by atoms with Crippen molar-refractivity contribution < 1.29 is 14.2 Å². The number of nitriles is 1. The van der Waals surface area contributed by atoms with Gasteiger partial charge in [-0.3, -0.25) is 4.39 Å². The third-order valence-electron chi connectivity index (χ3n) is 7.07. The summed E-state index contributed by atoms with van der Waals surface area (Å²) in [5, 5.41) is 16.8. The third kappa shape index (κ3) is 18.4. The van der Waals surface area contributed by atoms with E-state index in [4.69, 9.17) is 15.1 Å². The standard InChI is InChI=1S/C10H20O.C7H14.C6H13F.C6H11NO/c1-4-10(8(2)3)9-5-6-11-7-9;1-6(2)7-4-3-5-7;1-6(2)4-3-5-7;1-5(2)6(3-7)4-8/h8-10H,4-7H2,1-3H3;6-7H,3-5H2,1-2H3;6H,3-5H2,1-2H3;5-6,8H,4H2,1-2H3. The van der Waals surface area contributed by atoms with Crippen LogP contribution in [0.3, 0.4) is 0 Å². The fourth-order valence-corrected chi connectivity index (χ4v) is 4.23. The van der Waals surface area contributed by atoms with Crippen LogP contribution < -0.4 is 0 Å². The average Bonchev–Trinajstić information content (AvgIpc) is 3.21. The first-order chi connectivity index (χ1) is 15.5. The van der Waals surface area contributed by atoms with Gasteiger partial charge in [-0.1, -0.05) is 88.0 Å². The lowest BCUT2D eigenvalue weighted by Gasteiger charge is -2.28. The van der Waals surface area contributed by atoms with Gasteiger partial charge in [0.25, 0.3) is 0 Å². The van der Waals surface area contributed by atoms with E-state index in [1.165, 1.54) is 32.1 Å². The molecule has 4 heteroatoms. The fraction of sp³-hybridized carbons (Fsp3) is 0.966. The van der Waals surface area contributed by atoms with Crippen molar-refractivity contribution in [3.63, 3.8) is 0 Å². The number of hydrogen-bond donors (Lipinski definition) is 1. The molecule has 0 bridgehead atoms. The number of aliphatic hydroxyl groups is 1. The van der Waals surface area contributed by atoms with Crippen LogP contribution in [0.2, 0.25) is 0 Å². The van der Waals surface area contributed by atoms with Crippen LogP contribution in [0.25, 0.3) is 0 Å². The Kier molecular flexibility index (Phi) is 22.8. The molecule has 2 fully saturated rings. The zero-order valence-corrected chi connectivity index (χ0v) is 23.6. The van der Waals surface area contributed by atoms with E-state index in [-0.39, 0.29) is 25.1 Å². The first-order valence-corrected chi connectivity index (χ1v) is 13.7. The molecule has 1 heterocycles. The average molecular weight is 472 g/mol. The first-order valence-electron chi connectivity index (χ1n) is 13.7. The number of alkyl halides is 1. The molecule has 0 aromatic carbocycles. The van der Waals surface area contributed by atoms with Crippen molar-refractivity contribution in [2.45, 2.75) is 107 Å². The van der Waals surface area contributed by atoms with Gasteiger partial charge in [-0.2, -0.15) is 5.26 Å². The lowest BCUT2D eigenvalue weighted by atomic mass is 9.78. The van der Waals surface area contributed by atoms with Crippen molar-refractivity contribution in [2.24, 2.45) is 47.3 Å². The molecule has 1 N–H and O–H groups in total. The van der Waals surface area contributed by atoms with E-state index in [9.17, 15) is 4.39 Å². The highest BCUT2D eigenvalue weighted by atomic mass is 19.1. The molecule has 0 radical (unpaired) electrons. The minimum Gasteiger partial charge on any atom is -0.395 e. The zero-order valence-electron chi connectivity index (χ0n) is 23.6. The molecule has 1 saturated carbocycles. The summed E-state index contributed by atoms with van der Waals surface area (Å²) < 4.78 is 16.7. The number of rotatable bonds is 9. The van der Waals surface area contributed by atoms with Gasteiger partial charge in [0, 0.05) is 13.2 Å². The molecule has 3 unspecified atom stereocenters. The van der Waals surface area contributed by atoms with Gasteiger partial charge < -0.3 is 9.84 Å². The van der Waals surface area contributed by atoms with Gasteiger partial charge in [0.15, 0.2) is 0 Å². The van der Waals surface area contributed by atoms with Gasteiger partial charge in [-0.25, -0.2) is 0 Å². The SMILES string of the molecule is CC(C)C(C#N)CO.CC(C)C1CCC1.CC(C)CCCF.CCC(C(C)C)C1CCOC1. The summed E-state index contributed by atoms with van der Waals surface area (Å²) in [6, 6.07) is 2.00. The largest absolute Gasteiger partial charge is 0.395 e. The van der Waals surface area contributed by atoms with Crippen LogP contribution in [0, 0.1) is 58.7 Å². The Morgan fingerprint density at radius 3 is 1.73 bits per heavy atom. The van der Waals surface area contributed by atoms with Gasteiger partial charge in [0.05, 0.1) is 25.3 Å². The fourth-order valence-electron chi connectivity index (χ4n) is 4.23. The molecule has 0 aromatic rings. The van der Waals surface area contributed by atoms with Gasteiger partial charge in [0.1, 0.15) is 0 Å². The summed E-state index contributed by atoms with van der Waals surface area (Å²) in [6.07, 6.45) is 8.84. The molecule has 2 aliphatic rings. The van der Waals surface area contributed by atoms with Crippen LogP contribution in [0.15, 0.2) is 0 Å². The van der Waals surface area contributed by atoms with Crippen molar-refractivity contribution in [1.29, 1.82) is 5.26 Å². The van der Waals surface area contributed by atoms with Crippen molar-refractivity contribution in [1.82, 2.24) is 0 Å². The number of aliphatic hydroxyl groups excluding tert-OH is 1. The monoisotopic (exact) mass is 471 g/mol. The second kappa shape index (κ2) is 21.8. The molecule has 1 saturated heterocycles. The van der Waals surface area contributed by atoms with Gasteiger partial charge >= 0.3 is 0 Å². The molecule has 33 heavy (non-hydrogen) atoms. The van der Waals surface area contributed by atoms with Crippen molar-refractivity contribution >= 4 is 0 Å². The summed E-state index contributed by atoms with van der Waals surface area (Å²) in [5.41, 5.74) is 0. The number of halogens is 1. The normalized spacial score (nSPS) is 19.5. The van der Waals surface area contributed by atoms with E-state index < -0.39 is 0 Å². The first kappa shape index (κ1) is 34.5. The highest BCUT2D eigenvalue weighted by Crippen LogP contribution is 2.32. The molecule has 0 aromatic heterocycles. The van der Waals surface area contributed by atoms with Crippen LogP contribution in [-0.4, -0.2) is 31.6 Å². The summed E-state index contributed by atoms with van der Waals surface area (Å²) in [5.74, 6) is 5.34. The quantitative estimate of drug-likeness (QED) is 0.368. The molecule has 2 rings (SSSR count). The molecular formula is C29H58FNO2. The lowest BCUT2D eigenvalue weighted by molar-refractivity contribution is 0.157. The van der Waals surface area contributed by atoms with E-state index in [1.54, 1.807) is 0 Å². The van der Waals surface area contributed by atoms with Gasteiger partial charge in [-0.05, 0) is 60.7 Å². The Balaban J connectivity index is 0. The van der Waals surface area contributed by atoms with E-state index in [0.717, 1.165) is 55.6 Å². The maximum atomic E-state index is 11.4. The molecule has 0 spiro atoms. The van der Waals surface area contributed by atoms with E-state index in [2.05, 4.69) is 48.5 Å². The number of hydrogen-bond acceptors (Lipinski definition) is 3. The smallest absolute Gasteiger partial charge is 0.0894 e. The second-order valence-electron chi connectivity index (χ2n) is 11.3. The molecule has 0 amide bonds. The van der Waals surface area contributed by atoms with Crippen LogP contribution in [0.5, 0.6) is 0 Å². The van der Waals surface area contributed by atoms with E-state index >= 15 is 0 Å². The van der Waals surface area contributed by atoms with Gasteiger partial charge in [0.2, 0.25) is 0 Å². The summed E-state index contributed by atoms with van der Waals surface area (Å²) >= 11 is 0. The van der Waals surface area contributed by atoms with Crippen LogP contribution in [-0.2, 0) is 4.74 Å². The van der Waals surface area contributed by atoms with Crippen molar-refractivity contribution in [3.8, 4) is 6.07 Å². The van der Waals surface area contributed by atoms with Crippen LogP contribution >= 0.6 is 0 Å². The molecule has 3 atom stereocenters. The minimum absolute atomic E-state index is 0.0197. The highest BCUT2D eigenvalue weighted by Gasteiger charge is 2.26. The summed E-state index contributed by atoms with van der Waals surface area (Å²) in [6.45, 7) is 21.5. The summed E-state index contributed by atoms with van der Waals surface area (Å²) in [4.78, 5) is 0. The van der Waals surface area contributed by atoms with E-state index in [0.29, 0.717) is 5.92 Å². The van der Waals surface area contributed by atoms with Crippen molar-refractivity contribution in [3.05, 3.63) is 0 Å². The van der Waals surface area contributed by atoms with Crippen LogP contribution in [0.4, 0.5) is 4.39 Å². The Hall–Kier alpha value is -0.660. The Morgan fingerprint density at radius 1 is 0.970 bits per heavy atom. The molecule has 198 valence electrons. The minimum atomic E-state index is -0.185. The lowest BCUT2D eigenvalue weighted by Crippen LogP contribution is -2.19. The topological polar surface area (TPSA) is 53.2 Å². The van der Waals surface area contributed by atoms with Crippen molar-refractivity contribution in [2.75, 3.05) is 26.5 Å². The molecule has 1 aliphatic heterocycles. The Bertz CT molecular complexity index is 449. The molecular weight excluding hydrogens is 413 g/mol. The maximum Gasteiger partial charge on any atom is 0.0894 e. The molecule has 1 aliphatic carbocycles. The second-order valence-corrected chi connectivity index (χ2v) is 11.3. The molecule has 3 nitrogen and oxygen atoms in total. The Labute approximate surface area is 206 Å². The predicted molar refractivity (Wildman–Crippen MR) is 141 cm³/mol. The van der Waals surface area contributed by atoms with E-state index in [1.807, 2.05) is 19.9 Å². The number of ether oxygens (including phenoxy) is 1. The maximum absolute atomic E-state index is 11.4. The summed E-state index contributed by atoms with van der Waals surface area (Å²) in [7, 11) is 0. The highest BCUT2D eigenvalue weighted by molar-refractivity contribution is 4.83. The van der Waals surface area contributed by atoms with Gasteiger partial charge in [-0.15, -0.1) is 0 Å². The zero-order chi connectivity index (χ0) is 25.8. The number of nitrogens with zero attached hydrogens (tertiary/aromatic N) is 1.